The minimum absolute atomic E-state index is 0.731. The maximum absolute atomic E-state index is 12.6. The zero-order valence-electron chi connectivity index (χ0n) is 16.0. The fraction of sp³-hybridized carbons (Fsp3) is 0.500. The first-order valence-corrected chi connectivity index (χ1v) is 10.1. The second kappa shape index (κ2) is 12.1. The van der Waals surface area contributed by atoms with Gasteiger partial charge in [0.25, 0.3) is 0 Å². The van der Waals surface area contributed by atoms with Gasteiger partial charge in [0.05, 0.1) is 11.6 Å². The third kappa shape index (κ3) is 8.23. The number of nitrogens with zero attached hydrogens (tertiary/aromatic N) is 2. The molecule has 0 unspecified atom stereocenters. The Morgan fingerprint density at radius 3 is 2.30 bits per heavy atom. The highest BCUT2D eigenvalue weighted by Gasteiger charge is 2.20. The molecule has 0 amide bonds. The molecule has 0 bridgehead atoms. The zero-order chi connectivity index (χ0) is 19.3. The molecule has 0 spiro atoms. The molecule has 0 saturated heterocycles. The van der Waals surface area contributed by atoms with E-state index in [0.717, 1.165) is 30.2 Å². The molecule has 0 heterocycles. The standard InChI is InChI=1S/C24H29FN2/c25-24(19-27)9-3-1-2-6-20-10-12-21(13-11-20)7-4-5-8-22-14-16-23(18-26)17-15-22/h1,3,9,14-17,20-21H,2,4-8,10-13H2/b3-1+,24-9-. The molecular weight excluding hydrogens is 335 g/mol. The molecule has 1 aliphatic carbocycles. The summed E-state index contributed by atoms with van der Waals surface area (Å²) in [7, 11) is 0. The molecule has 27 heavy (non-hydrogen) atoms. The number of unbranched alkanes of at least 4 members (excludes halogenated alkanes) is 1. The first kappa shape index (κ1) is 20.9. The van der Waals surface area contributed by atoms with Crippen molar-refractivity contribution in [2.24, 2.45) is 11.8 Å². The van der Waals surface area contributed by atoms with Crippen molar-refractivity contribution in [3.8, 4) is 12.1 Å². The Hall–Kier alpha value is -2.39. The summed E-state index contributed by atoms with van der Waals surface area (Å²) in [6.07, 6.45) is 17.3. The molecule has 0 atom stereocenters. The van der Waals surface area contributed by atoms with Gasteiger partial charge in [-0.15, -0.1) is 0 Å². The second-order valence-electron chi connectivity index (χ2n) is 7.57. The normalized spacial score (nSPS) is 20.3. The summed E-state index contributed by atoms with van der Waals surface area (Å²) in [5.74, 6) is 0.950. The fourth-order valence-corrected chi connectivity index (χ4v) is 3.93. The summed E-state index contributed by atoms with van der Waals surface area (Å²) >= 11 is 0. The zero-order valence-corrected chi connectivity index (χ0v) is 16.0. The van der Waals surface area contributed by atoms with Crippen molar-refractivity contribution >= 4 is 0 Å². The van der Waals surface area contributed by atoms with Crippen molar-refractivity contribution < 1.29 is 4.39 Å². The molecule has 1 aliphatic rings. The van der Waals surface area contributed by atoms with Gasteiger partial charge in [-0.2, -0.15) is 14.9 Å². The number of nitriles is 2. The highest BCUT2D eigenvalue weighted by atomic mass is 19.1. The van der Waals surface area contributed by atoms with Gasteiger partial charge in [-0.05, 0) is 61.3 Å². The van der Waals surface area contributed by atoms with Gasteiger partial charge in [0.2, 0.25) is 0 Å². The number of rotatable bonds is 9. The van der Waals surface area contributed by atoms with Crippen molar-refractivity contribution in [3.63, 3.8) is 0 Å². The third-order valence-corrected chi connectivity index (χ3v) is 5.60. The van der Waals surface area contributed by atoms with Crippen LogP contribution in [-0.4, -0.2) is 0 Å². The number of allylic oxidation sites excluding steroid dienone is 4. The van der Waals surface area contributed by atoms with E-state index in [0.29, 0.717) is 0 Å². The van der Waals surface area contributed by atoms with Crippen molar-refractivity contribution in [2.45, 2.75) is 64.2 Å². The van der Waals surface area contributed by atoms with Crippen LogP contribution in [0.3, 0.4) is 0 Å². The van der Waals surface area contributed by atoms with E-state index in [1.54, 1.807) is 6.08 Å². The van der Waals surface area contributed by atoms with Crippen LogP contribution in [0.25, 0.3) is 0 Å². The van der Waals surface area contributed by atoms with Crippen LogP contribution in [0.2, 0.25) is 0 Å². The molecule has 1 aromatic carbocycles. The Kier molecular flexibility index (Phi) is 9.36. The maximum atomic E-state index is 12.6. The molecule has 1 saturated carbocycles. The third-order valence-electron chi connectivity index (χ3n) is 5.60. The highest BCUT2D eigenvalue weighted by molar-refractivity contribution is 5.31. The van der Waals surface area contributed by atoms with Crippen LogP contribution in [0.1, 0.15) is 68.9 Å². The summed E-state index contributed by atoms with van der Waals surface area (Å²) < 4.78 is 12.6. The van der Waals surface area contributed by atoms with E-state index < -0.39 is 5.83 Å². The minimum atomic E-state index is -0.731. The molecule has 0 aliphatic heterocycles. The Morgan fingerprint density at radius 1 is 1.00 bits per heavy atom. The first-order chi connectivity index (χ1) is 13.2. The number of halogens is 1. The quantitative estimate of drug-likeness (QED) is 0.275. The minimum Gasteiger partial charge on any atom is -0.195 e. The largest absolute Gasteiger partial charge is 0.199 e. The van der Waals surface area contributed by atoms with Gasteiger partial charge < -0.3 is 0 Å². The molecule has 142 valence electrons. The second-order valence-corrected chi connectivity index (χ2v) is 7.57. The van der Waals surface area contributed by atoms with Crippen molar-refractivity contribution in [1.29, 1.82) is 10.5 Å². The molecule has 2 rings (SSSR count). The fourth-order valence-electron chi connectivity index (χ4n) is 3.93. The van der Waals surface area contributed by atoms with Gasteiger partial charge in [-0.25, -0.2) is 0 Å². The highest BCUT2D eigenvalue weighted by Crippen LogP contribution is 2.34. The molecule has 2 nitrogen and oxygen atoms in total. The number of hydrogen-bond acceptors (Lipinski definition) is 2. The predicted octanol–water partition coefficient (Wildman–Crippen LogP) is 6.79. The van der Waals surface area contributed by atoms with Crippen molar-refractivity contribution in [2.75, 3.05) is 0 Å². The van der Waals surface area contributed by atoms with Gasteiger partial charge in [0.15, 0.2) is 5.83 Å². The summed E-state index contributed by atoms with van der Waals surface area (Å²) in [6.45, 7) is 0. The average molecular weight is 365 g/mol. The first-order valence-electron chi connectivity index (χ1n) is 10.1. The van der Waals surface area contributed by atoms with Gasteiger partial charge in [-0.1, -0.05) is 62.8 Å². The summed E-state index contributed by atoms with van der Waals surface area (Å²) in [5, 5.41) is 17.2. The van der Waals surface area contributed by atoms with Gasteiger partial charge in [0, 0.05) is 0 Å². The molecule has 1 fully saturated rings. The average Bonchev–Trinajstić information content (AvgIpc) is 2.72. The van der Waals surface area contributed by atoms with E-state index >= 15 is 0 Å². The lowest BCUT2D eigenvalue weighted by atomic mass is 9.78. The van der Waals surface area contributed by atoms with E-state index in [9.17, 15) is 4.39 Å². The smallest absolute Gasteiger partial charge is 0.195 e. The molecule has 0 N–H and O–H groups in total. The molecule has 3 heteroatoms. The maximum Gasteiger partial charge on any atom is 0.199 e. The van der Waals surface area contributed by atoms with E-state index in [-0.39, 0.29) is 0 Å². The summed E-state index contributed by atoms with van der Waals surface area (Å²) in [6, 6.07) is 11.6. The van der Waals surface area contributed by atoms with Crippen molar-refractivity contribution in [3.05, 3.63) is 59.4 Å². The van der Waals surface area contributed by atoms with E-state index in [1.807, 2.05) is 18.2 Å². The van der Waals surface area contributed by atoms with Gasteiger partial charge >= 0.3 is 0 Å². The van der Waals surface area contributed by atoms with Crippen LogP contribution >= 0.6 is 0 Å². The molecular formula is C24H29FN2. The van der Waals surface area contributed by atoms with Crippen LogP contribution in [-0.2, 0) is 6.42 Å². The Bertz CT molecular complexity index is 695. The summed E-state index contributed by atoms with van der Waals surface area (Å²) in [5.41, 5.74) is 2.06. The van der Waals surface area contributed by atoms with Crippen LogP contribution < -0.4 is 0 Å². The van der Waals surface area contributed by atoms with E-state index in [1.165, 1.54) is 69.1 Å². The SMILES string of the molecule is N#C/C(F)=C/C=C/CCC1CCC(CCCCc2ccc(C#N)cc2)CC1. The Balaban J connectivity index is 1.54. The monoisotopic (exact) mass is 364 g/mol. The summed E-state index contributed by atoms with van der Waals surface area (Å²) in [4.78, 5) is 0. The van der Waals surface area contributed by atoms with E-state index in [2.05, 4.69) is 18.2 Å². The number of hydrogen-bond donors (Lipinski definition) is 0. The van der Waals surface area contributed by atoms with Crippen LogP contribution in [0.5, 0.6) is 0 Å². The van der Waals surface area contributed by atoms with Crippen molar-refractivity contribution in [1.82, 2.24) is 0 Å². The van der Waals surface area contributed by atoms with E-state index in [4.69, 9.17) is 10.5 Å². The Labute approximate surface area is 163 Å². The predicted molar refractivity (Wildman–Crippen MR) is 107 cm³/mol. The van der Waals surface area contributed by atoms with Crippen LogP contribution in [0.15, 0.2) is 48.3 Å². The number of benzene rings is 1. The van der Waals surface area contributed by atoms with Gasteiger partial charge in [0.1, 0.15) is 6.07 Å². The molecule has 0 radical (unpaired) electrons. The lowest BCUT2D eigenvalue weighted by Crippen LogP contribution is -2.14. The van der Waals surface area contributed by atoms with Gasteiger partial charge in [-0.3, -0.25) is 0 Å². The lowest BCUT2D eigenvalue weighted by molar-refractivity contribution is 0.250. The molecule has 1 aromatic rings. The van der Waals surface area contributed by atoms with Crippen LogP contribution in [0.4, 0.5) is 4.39 Å². The topological polar surface area (TPSA) is 47.6 Å². The number of aryl methyl sites for hydroxylation is 1. The van der Waals surface area contributed by atoms with Crippen LogP contribution in [0, 0.1) is 34.5 Å². The lowest BCUT2D eigenvalue weighted by Gasteiger charge is -2.28. The molecule has 0 aromatic heterocycles. The Morgan fingerprint density at radius 2 is 1.67 bits per heavy atom.